The number of benzene rings is 1. The molecule has 5 aromatic rings. The number of nitrogens with one attached hydrogen (secondary N) is 1. The van der Waals surface area contributed by atoms with E-state index in [1.165, 1.54) is 0 Å². The van der Waals surface area contributed by atoms with Crippen molar-refractivity contribution >= 4 is 50.8 Å². The maximum Gasteiger partial charge on any atom is 0.177 e. The number of halogens is 1. The predicted octanol–water partition coefficient (Wildman–Crippen LogP) is 2.68. The van der Waals surface area contributed by atoms with Gasteiger partial charge in [0.25, 0.3) is 0 Å². The Bertz CT molecular complexity index is 1570. The number of aromatic nitrogens is 8. The lowest BCUT2D eigenvalue weighted by Crippen LogP contribution is -2.35. The van der Waals surface area contributed by atoms with Crippen molar-refractivity contribution in [2.24, 2.45) is 24.6 Å². The third-order valence-corrected chi connectivity index (χ3v) is 8.81. The first-order valence-corrected chi connectivity index (χ1v) is 12.3. The highest BCUT2D eigenvalue weighted by Gasteiger charge is 2.70. The Morgan fingerprint density at radius 3 is 2.82 bits per heavy atom. The Hall–Kier alpha value is -3.15. The van der Waals surface area contributed by atoms with Gasteiger partial charge in [-0.3, -0.25) is 9.78 Å². The van der Waals surface area contributed by atoms with Gasteiger partial charge in [0.15, 0.2) is 5.65 Å². The van der Waals surface area contributed by atoms with Crippen LogP contribution in [0.5, 0.6) is 0 Å². The van der Waals surface area contributed by atoms with Gasteiger partial charge in [0.05, 0.1) is 16.7 Å². The number of hydrogen-bond acceptors (Lipinski definition) is 9. The average molecular weight is 493 g/mol. The fourth-order valence-electron chi connectivity index (χ4n) is 5.61. The lowest BCUT2D eigenvalue weighted by molar-refractivity contribution is 0.545. The van der Waals surface area contributed by atoms with Crippen molar-refractivity contribution in [2.75, 3.05) is 24.5 Å². The average Bonchev–Trinajstić information content (AvgIpc) is 3.44. The molecule has 1 saturated carbocycles. The maximum absolute atomic E-state index is 6.71. The molecule has 10 nitrogen and oxygen atoms in total. The molecule has 5 heterocycles. The van der Waals surface area contributed by atoms with Gasteiger partial charge in [-0.25, -0.2) is 9.97 Å². The van der Waals surface area contributed by atoms with Crippen LogP contribution in [0.25, 0.3) is 33.3 Å². The van der Waals surface area contributed by atoms with Gasteiger partial charge < -0.3 is 10.6 Å². The van der Waals surface area contributed by atoms with Crippen LogP contribution in [0.2, 0.25) is 5.02 Å². The number of aryl methyl sites for hydroxylation is 2. The van der Waals surface area contributed by atoms with Gasteiger partial charge in [0.1, 0.15) is 27.0 Å². The molecule has 0 spiro atoms. The van der Waals surface area contributed by atoms with Gasteiger partial charge >= 0.3 is 0 Å². The molecule has 0 radical (unpaired) electrons. The normalized spacial score (nSPS) is 23.8. The molecule has 0 amide bonds. The van der Waals surface area contributed by atoms with E-state index < -0.39 is 0 Å². The predicted molar refractivity (Wildman–Crippen MR) is 131 cm³/mol. The molecular weight excluding hydrogens is 472 g/mol. The minimum atomic E-state index is -0.0389. The van der Waals surface area contributed by atoms with Gasteiger partial charge in [-0.05, 0) is 30.9 Å². The highest BCUT2D eigenvalue weighted by atomic mass is 35.5. The van der Waals surface area contributed by atoms with E-state index in [9.17, 15) is 0 Å². The van der Waals surface area contributed by atoms with Crippen molar-refractivity contribution in [1.29, 1.82) is 0 Å². The lowest BCUT2D eigenvalue weighted by atomic mass is 10.0. The monoisotopic (exact) mass is 492 g/mol. The summed E-state index contributed by atoms with van der Waals surface area (Å²) in [5, 5.41) is 24.1. The van der Waals surface area contributed by atoms with Crippen LogP contribution in [-0.4, -0.2) is 59.8 Å². The number of nitrogens with two attached hydrogens (primary N) is 1. The van der Waals surface area contributed by atoms with Crippen LogP contribution in [0.1, 0.15) is 10.0 Å². The highest BCUT2D eigenvalue weighted by molar-refractivity contribution is 7.11. The van der Waals surface area contributed by atoms with E-state index in [1.807, 2.05) is 38.5 Å². The smallest absolute Gasteiger partial charge is 0.177 e. The second-order valence-electron chi connectivity index (χ2n) is 9.15. The fourth-order valence-corrected chi connectivity index (χ4v) is 6.92. The molecular formula is C22H21ClN10S. The number of rotatable bonds is 4. The van der Waals surface area contributed by atoms with E-state index in [0.29, 0.717) is 40.3 Å². The summed E-state index contributed by atoms with van der Waals surface area (Å²) in [4.78, 5) is 11.8. The van der Waals surface area contributed by atoms with E-state index in [-0.39, 0.29) is 5.41 Å². The zero-order valence-electron chi connectivity index (χ0n) is 18.5. The molecule has 34 heavy (non-hydrogen) atoms. The van der Waals surface area contributed by atoms with Crippen molar-refractivity contribution in [2.45, 2.75) is 12.3 Å². The molecule has 1 saturated heterocycles. The van der Waals surface area contributed by atoms with E-state index in [4.69, 9.17) is 27.3 Å². The Labute approximate surface area is 203 Å². The standard InChI is InChI=1S/C22H21ClN10S/c1-10-27-30-21(34-10)22(9-24)13-7-33(8-14(13)22)16-5-25-19-18(28-29-20(19)26-16)11-3-4-15-12(17(11)23)6-32(2)31-15/h3-6,13-14H,7-9,24H2,1-2H3,(H,26,28,29)/t13-,14+,22-. The zero-order valence-corrected chi connectivity index (χ0v) is 20.1. The van der Waals surface area contributed by atoms with Crippen molar-refractivity contribution < 1.29 is 0 Å². The van der Waals surface area contributed by atoms with Gasteiger partial charge in [0, 0.05) is 49.2 Å². The first kappa shape index (κ1) is 20.2. The third kappa shape index (κ3) is 2.65. The number of hydrogen-bond donors (Lipinski definition) is 2. The summed E-state index contributed by atoms with van der Waals surface area (Å²) in [5.41, 5.74) is 9.85. The SMILES string of the molecule is Cc1nnc([C@]2(CN)[C@@H]3CN(c4cnc5c(-c6ccc7nn(C)cc7c6Cl)n[nH]c5n4)C[C@@H]32)s1. The van der Waals surface area contributed by atoms with E-state index in [2.05, 4.69) is 30.4 Å². The molecule has 0 unspecified atom stereocenters. The van der Waals surface area contributed by atoms with Crippen LogP contribution >= 0.6 is 22.9 Å². The molecule has 12 heteroatoms. The van der Waals surface area contributed by atoms with Crippen LogP contribution in [0.15, 0.2) is 24.5 Å². The Morgan fingerprint density at radius 2 is 2.09 bits per heavy atom. The first-order chi connectivity index (χ1) is 16.5. The highest BCUT2D eigenvalue weighted by Crippen LogP contribution is 2.63. The molecule has 4 aromatic heterocycles. The van der Waals surface area contributed by atoms with Gasteiger partial charge in [0.2, 0.25) is 0 Å². The minimum Gasteiger partial charge on any atom is -0.355 e. The second kappa shape index (κ2) is 6.94. The number of aromatic amines is 1. The fraction of sp³-hybridized carbons (Fsp3) is 0.364. The number of fused-ring (bicyclic) bond motifs is 3. The quantitative estimate of drug-likeness (QED) is 0.392. The molecule has 2 fully saturated rings. The summed E-state index contributed by atoms with van der Waals surface area (Å²) in [6, 6.07) is 3.87. The zero-order chi connectivity index (χ0) is 23.2. The minimum absolute atomic E-state index is 0.0389. The Balaban J connectivity index is 1.18. The number of piperidine rings is 1. The van der Waals surface area contributed by atoms with Gasteiger partial charge in [-0.2, -0.15) is 10.2 Å². The summed E-state index contributed by atoms with van der Waals surface area (Å²) >= 11 is 8.38. The Morgan fingerprint density at radius 1 is 1.26 bits per heavy atom. The topological polar surface area (TPSA) is 127 Å². The summed E-state index contributed by atoms with van der Waals surface area (Å²) < 4.78 is 1.75. The van der Waals surface area contributed by atoms with Crippen LogP contribution < -0.4 is 10.6 Å². The van der Waals surface area contributed by atoms with E-state index in [0.717, 1.165) is 45.4 Å². The largest absolute Gasteiger partial charge is 0.355 e. The molecule has 0 bridgehead atoms. The third-order valence-electron chi connectivity index (χ3n) is 7.37. The van der Waals surface area contributed by atoms with E-state index in [1.54, 1.807) is 16.0 Å². The summed E-state index contributed by atoms with van der Waals surface area (Å²) in [6.45, 7) is 4.35. The molecule has 3 N–H and O–H groups in total. The van der Waals surface area contributed by atoms with E-state index >= 15 is 0 Å². The van der Waals surface area contributed by atoms with Crippen molar-refractivity contribution in [3.8, 4) is 11.3 Å². The lowest BCUT2D eigenvalue weighted by Gasteiger charge is -2.24. The van der Waals surface area contributed by atoms with Crippen LogP contribution in [-0.2, 0) is 12.5 Å². The maximum atomic E-state index is 6.71. The van der Waals surface area contributed by atoms with Crippen LogP contribution in [0, 0.1) is 18.8 Å². The molecule has 2 aliphatic rings. The van der Waals surface area contributed by atoms with Crippen molar-refractivity contribution in [3.05, 3.63) is 39.6 Å². The summed E-state index contributed by atoms with van der Waals surface area (Å²) in [5.74, 6) is 1.76. The molecule has 1 aliphatic heterocycles. The number of anilines is 1. The molecule has 172 valence electrons. The van der Waals surface area contributed by atoms with Crippen molar-refractivity contribution in [1.82, 2.24) is 40.1 Å². The van der Waals surface area contributed by atoms with Crippen molar-refractivity contribution in [3.63, 3.8) is 0 Å². The summed E-state index contributed by atoms with van der Waals surface area (Å²) in [6.07, 6.45) is 3.73. The first-order valence-electron chi connectivity index (χ1n) is 11.1. The Kier molecular flexibility index (Phi) is 4.13. The van der Waals surface area contributed by atoms with Gasteiger partial charge in [-0.1, -0.05) is 11.6 Å². The second-order valence-corrected chi connectivity index (χ2v) is 10.7. The summed E-state index contributed by atoms with van der Waals surface area (Å²) in [7, 11) is 1.88. The molecule has 3 atom stereocenters. The van der Waals surface area contributed by atoms with Crippen LogP contribution in [0.4, 0.5) is 5.82 Å². The molecule has 1 aromatic carbocycles. The van der Waals surface area contributed by atoms with Crippen LogP contribution in [0.3, 0.4) is 0 Å². The number of H-pyrrole nitrogens is 1. The van der Waals surface area contributed by atoms with Gasteiger partial charge in [-0.15, -0.1) is 21.5 Å². The number of nitrogens with zero attached hydrogens (tertiary/aromatic N) is 8. The molecule has 1 aliphatic carbocycles. The molecule has 7 rings (SSSR count).